The fourth-order valence-corrected chi connectivity index (χ4v) is 10.6. The summed E-state index contributed by atoms with van der Waals surface area (Å²) in [6.45, 7) is -6.56. The third-order valence-corrected chi connectivity index (χ3v) is 13.9. The Morgan fingerprint density at radius 2 is 1.58 bits per heavy atom. The number of benzene rings is 2. The maximum absolute atomic E-state index is 16.5. The lowest BCUT2D eigenvalue weighted by Crippen LogP contribution is -2.38. The molecule has 1 unspecified atom stereocenters. The molecule has 26 heteroatoms. The second-order valence-electron chi connectivity index (χ2n) is 13.1. The number of nitrogens with zero attached hydrogens (tertiary/aromatic N) is 5. The number of alkyl halides is 2. The van der Waals surface area contributed by atoms with E-state index >= 15 is 8.78 Å². The van der Waals surface area contributed by atoms with Crippen LogP contribution in [0.15, 0.2) is 83.0 Å². The Morgan fingerprint density at radius 3 is 2.27 bits per heavy atom. The first-order chi connectivity index (χ1) is 28.2. The van der Waals surface area contributed by atoms with Crippen molar-refractivity contribution in [3.63, 3.8) is 0 Å². The van der Waals surface area contributed by atoms with Crippen LogP contribution in [0.2, 0.25) is 0 Å². The third kappa shape index (κ3) is 8.59. The number of halogens is 2. The van der Waals surface area contributed by atoms with Crippen molar-refractivity contribution in [3.05, 3.63) is 105 Å². The summed E-state index contributed by atoms with van der Waals surface area (Å²) >= 11 is 0.571. The van der Waals surface area contributed by atoms with Crippen LogP contribution in [0.5, 0.6) is 11.5 Å². The largest absolute Gasteiger partial charge is 0.508 e. The average molecular weight is 882 g/mol. The Kier molecular flexibility index (Phi) is 11.3. The van der Waals surface area contributed by atoms with Crippen LogP contribution in [0.4, 0.5) is 14.6 Å². The average Bonchev–Trinajstić information content (AvgIpc) is 3.86. The van der Waals surface area contributed by atoms with Gasteiger partial charge in [-0.15, -0.1) is 0 Å². The zero-order valence-corrected chi connectivity index (χ0v) is 32.4. The highest BCUT2D eigenvalue weighted by Crippen LogP contribution is 2.65. The first-order valence-corrected chi connectivity index (χ1v) is 22.0. The number of nitrogen functional groups attached to an aromatic ring is 1. The van der Waals surface area contributed by atoms with Gasteiger partial charge in [-0.3, -0.25) is 37.0 Å². The molecule has 0 radical (unpaired) electrons. The van der Waals surface area contributed by atoms with Gasteiger partial charge in [0.15, 0.2) is 36.3 Å². The number of aromatic nitrogens is 6. The molecular formula is C33H31F2N7O14P2S. The number of aromatic hydroxyl groups is 1. The highest BCUT2D eigenvalue weighted by Gasteiger charge is 2.55. The Balaban J connectivity index is 1.10. The molecule has 0 aliphatic carbocycles. The summed E-state index contributed by atoms with van der Waals surface area (Å²) in [5, 5.41) is 9.50. The molecule has 312 valence electrons. The van der Waals surface area contributed by atoms with Crippen molar-refractivity contribution in [2.75, 3.05) is 18.9 Å². The normalized spacial score (nSPS) is 31.2. The number of phosphoric ester groups is 1. The van der Waals surface area contributed by atoms with Gasteiger partial charge >= 0.3 is 26.3 Å². The minimum absolute atomic E-state index is 0.0263. The van der Waals surface area contributed by atoms with E-state index in [2.05, 4.69) is 15.0 Å². The number of fused-ring (bicyclic) bond motifs is 5. The monoisotopic (exact) mass is 881 g/mol. The van der Waals surface area contributed by atoms with Crippen LogP contribution in [-0.4, -0.2) is 95.0 Å². The molecule has 2 aromatic carbocycles. The fraction of sp³-hybridized carbons (Fsp3) is 0.333. The maximum atomic E-state index is 16.5. The van der Waals surface area contributed by atoms with Gasteiger partial charge < -0.3 is 29.9 Å². The van der Waals surface area contributed by atoms with Crippen molar-refractivity contribution < 1.29 is 65.0 Å². The summed E-state index contributed by atoms with van der Waals surface area (Å²) in [6, 6.07) is 12.3. The quantitative estimate of drug-likeness (QED) is 0.104. The number of hydrogen-bond donors (Lipinski definition) is 4. The number of rotatable bonds is 7. The summed E-state index contributed by atoms with van der Waals surface area (Å²) in [5.74, 6) is -0.742. The van der Waals surface area contributed by atoms with Gasteiger partial charge in [-0.1, -0.05) is 12.1 Å². The Hall–Kier alpha value is -4.87. The number of hydrogen-bond acceptors (Lipinski definition) is 18. The van der Waals surface area contributed by atoms with E-state index in [0.29, 0.717) is 21.5 Å². The summed E-state index contributed by atoms with van der Waals surface area (Å²) in [4.78, 5) is 61.9. The molecule has 6 heterocycles. The second-order valence-corrected chi connectivity index (χ2v) is 18.6. The molecule has 21 nitrogen and oxygen atoms in total. The molecule has 3 saturated heterocycles. The molecule has 5 aromatic rings. The van der Waals surface area contributed by atoms with Crippen LogP contribution < -0.4 is 21.7 Å². The number of anilines is 1. The summed E-state index contributed by atoms with van der Waals surface area (Å²) in [5.41, 5.74) is 4.89. The number of aromatic amines is 1. The molecule has 59 heavy (non-hydrogen) atoms. The fourth-order valence-electron chi connectivity index (χ4n) is 6.35. The standard InChI is InChI=1S/C33H31F2N7O14P2S/c34-23-21-12-51-58(49,59-13-16-1-7-19(8-2-16)52-32(45)17-3-5-18(43)6-4-17)56-27-24(35)20(54-31(27)42-15-39-25-28(36)37-14-38-29(25)42)11-50-57(47,48)55-26(23)30(53-21)41-10-9-22(44)40-33(41)46/h1-10,14-15,20-21,23-24,26-27,30-31,43H,11-13H2,(H,47,48)(H2,36,37,38)(H,40,44,46)/t20-,21-,23-,24-,26-,27-,30-,31-,58-/m1/s1. The molecule has 3 aromatic heterocycles. The van der Waals surface area contributed by atoms with Crippen molar-refractivity contribution >= 4 is 49.0 Å². The molecule has 0 amide bonds. The SMILES string of the molecule is Nc1ncnc2c1ncn2[C@@H]1O[C@@H]2COP(=O)(O)O[C@@H]3[C@H](F)[C@@H](CO[P@@](=O)(SCc4ccc(OC(=O)c5ccc(O)cc5)cc4)O[C@@H]1[C@@H]2F)O[C@H]3n1ccc(=O)[nH]c1=O. The summed E-state index contributed by atoms with van der Waals surface area (Å²) < 4.78 is 102. The number of ether oxygens (including phenoxy) is 3. The van der Waals surface area contributed by atoms with Crippen molar-refractivity contribution in [2.45, 2.75) is 55.0 Å². The highest BCUT2D eigenvalue weighted by molar-refractivity contribution is 8.54. The van der Waals surface area contributed by atoms with Gasteiger partial charge in [-0.2, -0.15) is 0 Å². The van der Waals surface area contributed by atoms with Crippen LogP contribution in [0.25, 0.3) is 11.2 Å². The third-order valence-electron chi connectivity index (χ3n) is 9.25. The zero-order chi connectivity index (χ0) is 41.6. The first-order valence-electron chi connectivity index (χ1n) is 17.3. The van der Waals surface area contributed by atoms with Gasteiger partial charge in [-0.05, 0) is 53.3 Å². The van der Waals surface area contributed by atoms with E-state index in [9.17, 15) is 33.5 Å². The number of nitrogens with one attached hydrogen (secondary N) is 1. The van der Waals surface area contributed by atoms with Crippen LogP contribution >= 0.6 is 26.0 Å². The lowest BCUT2D eigenvalue weighted by atomic mass is 10.1. The zero-order valence-electron chi connectivity index (χ0n) is 29.8. The van der Waals surface area contributed by atoms with Crippen LogP contribution in [-0.2, 0) is 42.5 Å². The van der Waals surface area contributed by atoms with E-state index in [4.69, 9.17) is 38.0 Å². The van der Waals surface area contributed by atoms with E-state index in [-0.39, 0.29) is 39.8 Å². The number of esters is 1. The van der Waals surface area contributed by atoms with Gasteiger partial charge in [0.2, 0.25) is 0 Å². The van der Waals surface area contributed by atoms with Crippen LogP contribution in [0, 0.1) is 0 Å². The summed E-state index contributed by atoms with van der Waals surface area (Å²) in [7, 11) is -5.30. The Morgan fingerprint density at radius 1 is 0.915 bits per heavy atom. The summed E-state index contributed by atoms with van der Waals surface area (Å²) in [6.07, 6.45) is -12.0. The molecule has 0 spiro atoms. The molecular weight excluding hydrogens is 850 g/mol. The maximum Gasteiger partial charge on any atom is 0.472 e. The Bertz CT molecular complexity index is 2590. The van der Waals surface area contributed by atoms with Gasteiger partial charge in [-0.25, -0.2) is 42.5 Å². The Labute approximate surface area is 333 Å². The topological polar surface area (TPSA) is 281 Å². The minimum Gasteiger partial charge on any atom is -0.508 e. The number of imidazole rings is 1. The number of carbonyl (C=O) groups is 1. The number of carbonyl (C=O) groups excluding carboxylic acids is 1. The van der Waals surface area contributed by atoms with E-state index in [1.54, 1.807) is 0 Å². The van der Waals surface area contributed by atoms with Crippen molar-refractivity contribution in [1.82, 2.24) is 29.1 Å². The molecule has 8 rings (SSSR count). The second kappa shape index (κ2) is 16.3. The number of phenolic OH excluding ortho intramolecular Hbond substituents is 1. The molecule has 5 N–H and O–H groups in total. The van der Waals surface area contributed by atoms with E-state index in [1.807, 2.05) is 4.98 Å². The highest BCUT2D eigenvalue weighted by atomic mass is 32.7. The van der Waals surface area contributed by atoms with Crippen molar-refractivity contribution in [2.24, 2.45) is 0 Å². The van der Waals surface area contributed by atoms with Crippen molar-refractivity contribution in [1.29, 1.82) is 0 Å². The predicted molar refractivity (Wildman–Crippen MR) is 199 cm³/mol. The van der Waals surface area contributed by atoms with Gasteiger partial charge in [0.05, 0.1) is 25.1 Å². The molecule has 4 bridgehead atoms. The molecule has 10 atom stereocenters. The number of nitrogens with two attached hydrogens (primary N) is 1. The van der Waals surface area contributed by atoms with Gasteiger partial charge in [0.25, 0.3) is 5.56 Å². The molecule has 3 aliphatic heterocycles. The number of phenols is 1. The van der Waals surface area contributed by atoms with E-state index < -0.39 is 94.3 Å². The van der Waals surface area contributed by atoms with E-state index in [0.717, 1.165) is 18.6 Å². The van der Waals surface area contributed by atoms with E-state index in [1.165, 1.54) is 59.4 Å². The smallest absolute Gasteiger partial charge is 0.472 e. The first kappa shape index (κ1) is 40.9. The lowest BCUT2D eigenvalue weighted by Gasteiger charge is -2.27. The predicted octanol–water partition coefficient (Wildman–Crippen LogP) is 3.31. The van der Waals surface area contributed by atoms with Crippen LogP contribution in [0.1, 0.15) is 28.4 Å². The van der Waals surface area contributed by atoms with Crippen LogP contribution in [0.3, 0.4) is 0 Å². The van der Waals surface area contributed by atoms with Gasteiger partial charge in [0.1, 0.15) is 47.8 Å². The van der Waals surface area contributed by atoms with Crippen molar-refractivity contribution in [3.8, 4) is 11.5 Å². The lowest BCUT2D eigenvalue weighted by molar-refractivity contribution is -0.0650. The minimum atomic E-state index is -5.30. The number of phosphoric acid groups is 1. The van der Waals surface area contributed by atoms with Gasteiger partial charge in [0, 0.05) is 18.0 Å². The molecule has 3 fully saturated rings. The molecule has 3 aliphatic rings. The molecule has 0 saturated carbocycles. The number of H-pyrrole nitrogens is 1.